The van der Waals surface area contributed by atoms with E-state index in [1.54, 1.807) is 0 Å². The Balaban J connectivity index is 2.68. The summed E-state index contributed by atoms with van der Waals surface area (Å²) in [5, 5.41) is 20.5. The minimum atomic E-state index is -5.17. The predicted octanol–water partition coefficient (Wildman–Crippen LogP) is 5.89. The minimum absolute atomic E-state index is 0.0674. The van der Waals surface area contributed by atoms with Crippen LogP contribution in [0.3, 0.4) is 0 Å². The maximum absolute atomic E-state index is 13.0. The SMILES string of the molecule is O=S(=O)(O)C(c1ccc(Cl)cc1)(c1c(Cl)cccc1Cl)c1c(Cl)ccc(O)c1O. The van der Waals surface area contributed by atoms with Crippen LogP contribution in [-0.4, -0.2) is 23.2 Å². The lowest BCUT2D eigenvalue weighted by molar-refractivity contribution is 0.394. The molecule has 3 aromatic rings. The largest absolute Gasteiger partial charge is 0.504 e. The average molecular weight is 494 g/mol. The van der Waals surface area contributed by atoms with E-state index in [1.807, 2.05) is 0 Å². The van der Waals surface area contributed by atoms with Crippen LogP contribution in [0.1, 0.15) is 16.7 Å². The summed E-state index contributed by atoms with van der Waals surface area (Å²) in [5.74, 6) is -1.52. The fraction of sp³-hybridized carbons (Fsp3) is 0.0526. The van der Waals surface area contributed by atoms with Crippen LogP contribution in [0.25, 0.3) is 0 Å². The van der Waals surface area contributed by atoms with Crippen LogP contribution in [0.15, 0.2) is 54.6 Å². The van der Waals surface area contributed by atoms with Crippen LogP contribution in [0.2, 0.25) is 20.1 Å². The molecule has 0 aliphatic rings. The van der Waals surface area contributed by atoms with Crippen molar-refractivity contribution in [1.29, 1.82) is 0 Å². The van der Waals surface area contributed by atoms with Gasteiger partial charge in [-0.05, 0) is 42.0 Å². The van der Waals surface area contributed by atoms with Crippen molar-refractivity contribution in [3.05, 3.63) is 91.4 Å². The summed E-state index contributed by atoms with van der Waals surface area (Å²) in [4.78, 5) is 0. The van der Waals surface area contributed by atoms with E-state index in [-0.39, 0.29) is 31.2 Å². The summed E-state index contributed by atoms with van der Waals surface area (Å²) in [6, 6.07) is 11.9. The van der Waals surface area contributed by atoms with Gasteiger partial charge >= 0.3 is 0 Å². The number of hydrogen-bond donors (Lipinski definition) is 3. The maximum atomic E-state index is 13.0. The Morgan fingerprint density at radius 1 is 0.724 bits per heavy atom. The first-order valence-electron chi connectivity index (χ1n) is 7.90. The van der Waals surface area contributed by atoms with Gasteiger partial charge in [0.25, 0.3) is 10.1 Å². The summed E-state index contributed by atoms with van der Waals surface area (Å²) >= 11 is 24.9. The number of halogens is 4. The normalized spacial score (nSPS) is 13.8. The van der Waals surface area contributed by atoms with E-state index >= 15 is 0 Å². The fourth-order valence-corrected chi connectivity index (χ4v) is 5.88. The third kappa shape index (κ3) is 3.54. The van der Waals surface area contributed by atoms with Crippen molar-refractivity contribution in [1.82, 2.24) is 0 Å². The molecule has 29 heavy (non-hydrogen) atoms. The van der Waals surface area contributed by atoms with Crippen molar-refractivity contribution in [2.24, 2.45) is 0 Å². The number of phenolic OH excluding ortho intramolecular Hbond substituents is 2. The lowest BCUT2D eigenvalue weighted by atomic mass is 9.83. The highest BCUT2D eigenvalue weighted by Crippen LogP contribution is 2.54. The Labute approximate surface area is 186 Å². The van der Waals surface area contributed by atoms with Gasteiger partial charge in [0, 0.05) is 26.2 Å². The smallest absolute Gasteiger partial charge is 0.283 e. The zero-order valence-electron chi connectivity index (χ0n) is 14.3. The van der Waals surface area contributed by atoms with Crippen LogP contribution in [0, 0.1) is 0 Å². The zero-order chi connectivity index (χ0) is 21.6. The third-order valence-electron chi connectivity index (χ3n) is 4.41. The summed E-state index contributed by atoms with van der Waals surface area (Å²) < 4.78 is 34.0. The third-order valence-corrected chi connectivity index (χ3v) is 7.03. The first-order valence-corrected chi connectivity index (χ1v) is 10.9. The van der Waals surface area contributed by atoms with E-state index in [0.717, 1.165) is 6.07 Å². The molecule has 0 spiro atoms. The first-order chi connectivity index (χ1) is 13.5. The van der Waals surface area contributed by atoms with Crippen molar-refractivity contribution >= 4 is 56.5 Å². The molecule has 3 rings (SSSR count). The zero-order valence-corrected chi connectivity index (χ0v) is 18.1. The topological polar surface area (TPSA) is 94.8 Å². The molecule has 0 saturated heterocycles. The number of rotatable bonds is 4. The molecule has 3 N–H and O–H groups in total. The molecular formula is C19H12Cl4O5S. The van der Waals surface area contributed by atoms with E-state index in [2.05, 4.69) is 0 Å². The van der Waals surface area contributed by atoms with Crippen molar-refractivity contribution in [3.63, 3.8) is 0 Å². The van der Waals surface area contributed by atoms with E-state index < -0.39 is 31.9 Å². The molecule has 1 atom stereocenters. The van der Waals surface area contributed by atoms with Crippen LogP contribution in [0.4, 0.5) is 0 Å². The second kappa shape index (κ2) is 7.87. The molecule has 10 heteroatoms. The standard InChI is InChI=1S/C19H12Cl4O5S/c20-11-6-4-10(5-7-11)19(29(26,27)28,16-12(21)2-1-3-13(16)22)17-14(23)8-9-15(24)18(17)25/h1-9,24-25H,(H,26,27,28). The second-order valence-electron chi connectivity index (χ2n) is 6.05. The summed E-state index contributed by atoms with van der Waals surface area (Å²) in [7, 11) is -5.17. The highest BCUT2D eigenvalue weighted by atomic mass is 35.5. The summed E-state index contributed by atoms with van der Waals surface area (Å²) in [6.07, 6.45) is 0. The minimum Gasteiger partial charge on any atom is -0.504 e. The Hall–Kier alpha value is -1.67. The molecule has 3 aromatic carbocycles. The van der Waals surface area contributed by atoms with Gasteiger partial charge in [0.1, 0.15) is 0 Å². The van der Waals surface area contributed by atoms with Gasteiger partial charge in [0.2, 0.25) is 0 Å². The lowest BCUT2D eigenvalue weighted by Crippen LogP contribution is -2.39. The molecule has 0 radical (unpaired) electrons. The van der Waals surface area contributed by atoms with E-state index in [9.17, 15) is 23.2 Å². The van der Waals surface area contributed by atoms with Gasteiger partial charge in [-0.3, -0.25) is 4.55 Å². The molecule has 0 bridgehead atoms. The molecule has 5 nitrogen and oxygen atoms in total. The number of phenols is 2. The number of aromatic hydroxyl groups is 2. The predicted molar refractivity (Wildman–Crippen MR) is 114 cm³/mol. The van der Waals surface area contributed by atoms with Crippen molar-refractivity contribution in [3.8, 4) is 11.5 Å². The number of hydrogen-bond acceptors (Lipinski definition) is 4. The Bertz CT molecular complexity index is 1180. The molecule has 0 heterocycles. The van der Waals surface area contributed by atoms with E-state index in [4.69, 9.17) is 46.4 Å². The van der Waals surface area contributed by atoms with Gasteiger partial charge in [-0.15, -0.1) is 0 Å². The van der Waals surface area contributed by atoms with Crippen LogP contribution >= 0.6 is 46.4 Å². The van der Waals surface area contributed by atoms with E-state index in [0.29, 0.717) is 0 Å². The van der Waals surface area contributed by atoms with E-state index in [1.165, 1.54) is 48.5 Å². The van der Waals surface area contributed by atoms with Gasteiger partial charge in [-0.1, -0.05) is 64.6 Å². The molecule has 0 aliphatic heterocycles. The van der Waals surface area contributed by atoms with Gasteiger partial charge in [-0.2, -0.15) is 8.42 Å². The molecule has 152 valence electrons. The van der Waals surface area contributed by atoms with Gasteiger partial charge in [0.05, 0.1) is 5.02 Å². The molecule has 0 aliphatic carbocycles. The lowest BCUT2D eigenvalue weighted by Gasteiger charge is -2.35. The van der Waals surface area contributed by atoms with Gasteiger partial charge in [0.15, 0.2) is 16.2 Å². The Morgan fingerprint density at radius 2 is 1.24 bits per heavy atom. The maximum Gasteiger partial charge on any atom is 0.283 e. The van der Waals surface area contributed by atoms with Crippen LogP contribution in [0.5, 0.6) is 11.5 Å². The van der Waals surface area contributed by atoms with Crippen molar-refractivity contribution in [2.45, 2.75) is 4.75 Å². The molecule has 0 saturated carbocycles. The molecular weight excluding hydrogens is 482 g/mol. The van der Waals surface area contributed by atoms with Crippen LogP contribution < -0.4 is 0 Å². The highest BCUT2D eigenvalue weighted by molar-refractivity contribution is 7.87. The van der Waals surface area contributed by atoms with Crippen molar-refractivity contribution in [2.75, 3.05) is 0 Å². The average Bonchev–Trinajstić information content (AvgIpc) is 2.63. The molecule has 0 aromatic heterocycles. The monoisotopic (exact) mass is 492 g/mol. The van der Waals surface area contributed by atoms with Gasteiger partial charge in [-0.25, -0.2) is 0 Å². The van der Waals surface area contributed by atoms with Gasteiger partial charge < -0.3 is 10.2 Å². The second-order valence-corrected chi connectivity index (χ2v) is 9.27. The van der Waals surface area contributed by atoms with Crippen LogP contribution in [-0.2, 0) is 14.9 Å². The Morgan fingerprint density at radius 3 is 1.76 bits per heavy atom. The summed E-state index contributed by atoms with van der Waals surface area (Å²) in [5.41, 5.74) is -0.836. The first kappa shape index (κ1) is 22.0. The fourth-order valence-electron chi connectivity index (χ4n) is 3.23. The highest BCUT2D eigenvalue weighted by Gasteiger charge is 2.53. The quantitative estimate of drug-likeness (QED) is 0.239. The Kier molecular flexibility index (Phi) is 5.98. The molecule has 1 unspecified atom stereocenters. The molecule has 0 fully saturated rings. The van der Waals surface area contributed by atoms with Crippen molar-refractivity contribution < 1.29 is 23.2 Å². The summed E-state index contributed by atoms with van der Waals surface area (Å²) in [6.45, 7) is 0. The number of benzene rings is 3. The molecule has 0 amide bonds.